The summed E-state index contributed by atoms with van der Waals surface area (Å²) in [5, 5.41) is 6.51. The average Bonchev–Trinajstić information content (AvgIpc) is 3.16. The fourth-order valence-corrected chi connectivity index (χ4v) is 3.08. The van der Waals surface area contributed by atoms with Crippen LogP contribution >= 0.6 is 0 Å². The first-order valence-corrected chi connectivity index (χ1v) is 9.11. The van der Waals surface area contributed by atoms with Crippen molar-refractivity contribution < 1.29 is 14.2 Å². The van der Waals surface area contributed by atoms with Crippen molar-refractivity contribution in [2.24, 2.45) is 0 Å². The van der Waals surface area contributed by atoms with E-state index in [1.54, 1.807) is 0 Å². The van der Waals surface area contributed by atoms with Gasteiger partial charge in [0.25, 0.3) is 0 Å². The number of benzene rings is 1. The molecule has 27 heavy (non-hydrogen) atoms. The fraction of sp³-hybridized carbons (Fsp3) is 0.444. The Labute approximate surface area is 157 Å². The van der Waals surface area contributed by atoms with Crippen LogP contribution in [0.2, 0.25) is 0 Å². The number of rotatable bonds is 7. The molecular formula is C18H24N6O3. The zero-order valence-corrected chi connectivity index (χ0v) is 15.1. The van der Waals surface area contributed by atoms with Crippen molar-refractivity contribution in [3.63, 3.8) is 0 Å². The highest BCUT2D eigenvalue weighted by molar-refractivity contribution is 5.78. The van der Waals surface area contributed by atoms with Gasteiger partial charge in [0.2, 0.25) is 6.79 Å². The van der Waals surface area contributed by atoms with Crippen molar-refractivity contribution in [2.45, 2.75) is 6.42 Å². The molecule has 0 atom stereocenters. The van der Waals surface area contributed by atoms with Gasteiger partial charge in [0.15, 0.2) is 23.1 Å². The maximum atomic E-state index is 6.24. The molecule has 144 valence electrons. The smallest absolute Gasteiger partial charge is 0.231 e. The first-order chi connectivity index (χ1) is 13.3. The molecule has 3 heterocycles. The summed E-state index contributed by atoms with van der Waals surface area (Å²) in [4.78, 5) is 10.9. The number of nitrogens with zero attached hydrogens (tertiary/aromatic N) is 3. The van der Waals surface area contributed by atoms with Crippen LogP contribution in [0.25, 0.3) is 0 Å². The van der Waals surface area contributed by atoms with Crippen LogP contribution in [0.3, 0.4) is 0 Å². The summed E-state index contributed by atoms with van der Waals surface area (Å²) in [6.45, 7) is 5.71. The third-order valence-corrected chi connectivity index (χ3v) is 4.57. The Morgan fingerprint density at radius 1 is 1.07 bits per heavy atom. The SMILES string of the molecule is Nc1c(NCCCN2CCOCC2)ncnc1Nc1ccc2c(c1)OCO2. The zero-order valence-electron chi connectivity index (χ0n) is 15.1. The topological polar surface area (TPSA) is 107 Å². The summed E-state index contributed by atoms with van der Waals surface area (Å²) < 4.78 is 16.1. The van der Waals surface area contributed by atoms with Crippen LogP contribution in [0.1, 0.15) is 6.42 Å². The molecule has 4 N–H and O–H groups in total. The lowest BCUT2D eigenvalue weighted by Crippen LogP contribution is -2.37. The van der Waals surface area contributed by atoms with Gasteiger partial charge < -0.3 is 30.6 Å². The number of fused-ring (bicyclic) bond motifs is 1. The summed E-state index contributed by atoms with van der Waals surface area (Å²) in [5.41, 5.74) is 7.55. The molecule has 1 fully saturated rings. The number of morpholine rings is 1. The maximum Gasteiger partial charge on any atom is 0.231 e. The number of hydrogen-bond acceptors (Lipinski definition) is 9. The van der Waals surface area contributed by atoms with Crippen molar-refractivity contribution in [1.29, 1.82) is 0 Å². The molecule has 2 aliphatic heterocycles. The summed E-state index contributed by atoms with van der Waals surface area (Å²) in [6.07, 6.45) is 2.50. The molecule has 0 unspecified atom stereocenters. The minimum atomic E-state index is 0.243. The number of aromatic nitrogens is 2. The Morgan fingerprint density at radius 2 is 1.89 bits per heavy atom. The maximum absolute atomic E-state index is 6.24. The van der Waals surface area contributed by atoms with Crippen molar-refractivity contribution in [2.75, 3.05) is 62.6 Å². The van der Waals surface area contributed by atoms with Crippen molar-refractivity contribution in [1.82, 2.24) is 14.9 Å². The van der Waals surface area contributed by atoms with Gasteiger partial charge in [0.1, 0.15) is 12.0 Å². The second-order valence-corrected chi connectivity index (χ2v) is 6.41. The number of nitrogens with one attached hydrogen (secondary N) is 2. The monoisotopic (exact) mass is 372 g/mol. The molecular weight excluding hydrogens is 348 g/mol. The van der Waals surface area contributed by atoms with E-state index in [2.05, 4.69) is 25.5 Å². The second kappa shape index (κ2) is 8.28. The highest BCUT2D eigenvalue weighted by Crippen LogP contribution is 2.35. The van der Waals surface area contributed by atoms with Crippen molar-refractivity contribution in [3.8, 4) is 11.5 Å². The largest absolute Gasteiger partial charge is 0.454 e. The van der Waals surface area contributed by atoms with Crippen molar-refractivity contribution in [3.05, 3.63) is 24.5 Å². The zero-order chi connectivity index (χ0) is 18.5. The molecule has 0 spiro atoms. The minimum absolute atomic E-state index is 0.243. The second-order valence-electron chi connectivity index (χ2n) is 6.41. The van der Waals surface area contributed by atoms with Gasteiger partial charge in [-0.05, 0) is 25.1 Å². The van der Waals surface area contributed by atoms with Crippen LogP contribution in [0.15, 0.2) is 24.5 Å². The Kier molecular flexibility index (Phi) is 5.40. The fourth-order valence-electron chi connectivity index (χ4n) is 3.08. The molecule has 1 saturated heterocycles. The first-order valence-electron chi connectivity index (χ1n) is 9.11. The Bertz CT molecular complexity index is 782. The van der Waals surface area contributed by atoms with Gasteiger partial charge in [0.05, 0.1) is 13.2 Å². The summed E-state index contributed by atoms with van der Waals surface area (Å²) >= 11 is 0. The van der Waals surface area contributed by atoms with Gasteiger partial charge in [-0.2, -0.15) is 0 Å². The third kappa shape index (κ3) is 4.32. The standard InChI is InChI=1S/C18H24N6O3/c19-16-17(20-4-1-5-24-6-8-25-9-7-24)21-11-22-18(16)23-13-2-3-14-15(10-13)27-12-26-14/h2-3,10-11H,1,4-9,12,19H2,(H2,20,21,22,23). The Balaban J connectivity index is 1.33. The van der Waals surface area contributed by atoms with E-state index < -0.39 is 0 Å². The predicted molar refractivity (Wildman–Crippen MR) is 103 cm³/mol. The quantitative estimate of drug-likeness (QED) is 0.626. The normalized spacial score (nSPS) is 16.3. The number of nitrogens with two attached hydrogens (primary N) is 1. The average molecular weight is 372 g/mol. The highest BCUT2D eigenvalue weighted by Gasteiger charge is 2.15. The molecule has 1 aromatic carbocycles. The van der Waals surface area contributed by atoms with E-state index in [9.17, 15) is 0 Å². The Morgan fingerprint density at radius 3 is 2.78 bits per heavy atom. The molecule has 9 heteroatoms. The predicted octanol–water partition coefficient (Wildman–Crippen LogP) is 1.67. The van der Waals surface area contributed by atoms with Gasteiger partial charge in [-0.3, -0.25) is 4.90 Å². The van der Waals surface area contributed by atoms with Crippen LogP contribution in [-0.2, 0) is 4.74 Å². The van der Waals surface area contributed by atoms with Gasteiger partial charge in [-0.1, -0.05) is 0 Å². The third-order valence-electron chi connectivity index (χ3n) is 4.57. The van der Waals surface area contributed by atoms with E-state index in [-0.39, 0.29) is 6.79 Å². The Hall–Kier alpha value is -2.78. The summed E-state index contributed by atoms with van der Waals surface area (Å²) in [5.74, 6) is 2.63. The lowest BCUT2D eigenvalue weighted by atomic mass is 10.2. The number of hydrogen-bond donors (Lipinski definition) is 3. The van der Waals surface area contributed by atoms with E-state index in [1.807, 2.05) is 18.2 Å². The molecule has 2 aliphatic rings. The molecule has 0 saturated carbocycles. The van der Waals surface area contributed by atoms with Crippen LogP contribution in [0.4, 0.5) is 23.0 Å². The van der Waals surface area contributed by atoms with E-state index in [0.29, 0.717) is 23.1 Å². The van der Waals surface area contributed by atoms with Gasteiger partial charge >= 0.3 is 0 Å². The van der Waals surface area contributed by atoms with Crippen LogP contribution in [-0.4, -0.2) is 61.1 Å². The molecule has 0 bridgehead atoms. The molecule has 9 nitrogen and oxygen atoms in total. The van der Waals surface area contributed by atoms with Crippen molar-refractivity contribution >= 4 is 23.0 Å². The molecule has 1 aromatic heterocycles. The molecule has 0 amide bonds. The lowest BCUT2D eigenvalue weighted by molar-refractivity contribution is 0.0378. The molecule has 0 aliphatic carbocycles. The van der Waals surface area contributed by atoms with Crippen LogP contribution < -0.4 is 25.8 Å². The summed E-state index contributed by atoms with van der Waals surface area (Å²) in [6, 6.07) is 5.61. The van der Waals surface area contributed by atoms with E-state index >= 15 is 0 Å². The number of ether oxygens (including phenoxy) is 3. The minimum Gasteiger partial charge on any atom is -0.454 e. The summed E-state index contributed by atoms with van der Waals surface area (Å²) in [7, 11) is 0. The van der Waals surface area contributed by atoms with Crippen LogP contribution in [0.5, 0.6) is 11.5 Å². The van der Waals surface area contributed by atoms with E-state index in [4.69, 9.17) is 19.9 Å². The molecule has 2 aromatic rings. The lowest BCUT2D eigenvalue weighted by Gasteiger charge is -2.26. The number of nitrogen functional groups attached to an aromatic ring is 1. The number of anilines is 4. The molecule has 0 radical (unpaired) electrons. The molecule has 4 rings (SSSR count). The van der Waals surface area contributed by atoms with Gasteiger partial charge in [-0.25, -0.2) is 9.97 Å². The van der Waals surface area contributed by atoms with Gasteiger partial charge in [0, 0.05) is 31.4 Å². The first kappa shape index (κ1) is 17.6. The van der Waals surface area contributed by atoms with E-state index in [1.165, 1.54) is 6.33 Å². The van der Waals surface area contributed by atoms with Gasteiger partial charge in [-0.15, -0.1) is 0 Å². The van der Waals surface area contributed by atoms with E-state index in [0.717, 1.165) is 57.3 Å². The highest BCUT2D eigenvalue weighted by atomic mass is 16.7. The van der Waals surface area contributed by atoms with Crippen LogP contribution in [0, 0.1) is 0 Å².